The van der Waals surface area contributed by atoms with Crippen molar-refractivity contribution >= 4 is 5.91 Å². The third-order valence-corrected chi connectivity index (χ3v) is 1.24. The van der Waals surface area contributed by atoms with E-state index in [2.05, 4.69) is 0 Å². The van der Waals surface area contributed by atoms with Crippen molar-refractivity contribution < 1.29 is 4.79 Å². The molecule has 0 saturated heterocycles. The zero-order valence-electron chi connectivity index (χ0n) is 6.14. The number of primary amides is 1. The van der Waals surface area contributed by atoms with E-state index in [1.165, 1.54) is 0 Å². The third kappa shape index (κ3) is 2.46. The molecule has 54 valence electrons. The van der Waals surface area contributed by atoms with Gasteiger partial charge in [-0.3, -0.25) is 4.79 Å². The first-order valence-corrected chi connectivity index (χ1v) is 2.90. The smallest absolute Gasteiger partial charge is 0.234 e. The quantitative estimate of drug-likeness (QED) is 0.520. The van der Waals surface area contributed by atoms with Gasteiger partial charge in [-0.15, -0.1) is 0 Å². The summed E-state index contributed by atoms with van der Waals surface area (Å²) in [7, 11) is 0. The van der Waals surface area contributed by atoms with Crippen molar-refractivity contribution in [1.82, 2.24) is 0 Å². The summed E-state index contributed by atoms with van der Waals surface area (Å²) in [4.78, 5) is 10.4. The van der Waals surface area contributed by atoms with E-state index in [0.29, 0.717) is 0 Å². The largest absolute Gasteiger partial charge is 0.368 e. The maximum absolute atomic E-state index is 10.4. The Morgan fingerprint density at radius 1 is 1.44 bits per heavy atom. The standard InChI is InChI=1S/C6H14N2O/c1-6(2,3)4(7)5(8)9/h4H,7H2,1-3H3,(H2,8,9)/t4-/m1/s1/i5+2. The van der Waals surface area contributed by atoms with Gasteiger partial charge in [0.2, 0.25) is 5.91 Å². The monoisotopic (exact) mass is 132 g/mol. The van der Waals surface area contributed by atoms with Crippen LogP contribution in [0.25, 0.3) is 0 Å². The van der Waals surface area contributed by atoms with Crippen LogP contribution in [0.1, 0.15) is 20.8 Å². The van der Waals surface area contributed by atoms with Crippen molar-refractivity contribution in [1.29, 1.82) is 0 Å². The summed E-state index contributed by atoms with van der Waals surface area (Å²) in [5.74, 6) is -0.442. The van der Waals surface area contributed by atoms with Crippen LogP contribution in [0.5, 0.6) is 0 Å². The van der Waals surface area contributed by atoms with E-state index in [0.717, 1.165) is 0 Å². The first kappa shape index (κ1) is 8.43. The van der Waals surface area contributed by atoms with E-state index < -0.39 is 11.9 Å². The van der Waals surface area contributed by atoms with Crippen molar-refractivity contribution in [2.45, 2.75) is 26.8 Å². The molecule has 0 radical (unpaired) electrons. The van der Waals surface area contributed by atoms with Crippen LogP contribution < -0.4 is 11.5 Å². The number of nitrogens with two attached hydrogens (primary N) is 2. The molecular weight excluding hydrogens is 118 g/mol. The fourth-order valence-electron chi connectivity index (χ4n) is 0.427. The normalized spacial score (nSPS) is 15.1. The van der Waals surface area contributed by atoms with Crippen LogP contribution in [0.2, 0.25) is 0 Å². The lowest BCUT2D eigenvalue weighted by Gasteiger charge is -2.23. The molecule has 0 aliphatic carbocycles. The Bertz CT molecular complexity index is 115. The van der Waals surface area contributed by atoms with E-state index in [1.807, 2.05) is 20.8 Å². The summed E-state index contributed by atoms with van der Waals surface area (Å²) in [5.41, 5.74) is 10.2. The van der Waals surface area contributed by atoms with E-state index in [4.69, 9.17) is 11.5 Å². The number of carbonyl (C=O) groups excluding carboxylic acids is 1. The highest BCUT2D eigenvalue weighted by Gasteiger charge is 2.24. The molecule has 1 atom stereocenters. The molecule has 0 saturated carbocycles. The summed E-state index contributed by atoms with van der Waals surface area (Å²) < 4.78 is 0. The maximum atomic E-state index is 10.4. The van der Waals surface area contributed by atoms with Crippen LogP contribution in [0.4, 0.5) is 0 Å². The molecule has 3 heteroatoms. The van der Waals surface area contributed by atoms with Gasteiger partial charge < -0.3 is 11.5 Å². The highest BCUT2D eigenvalue weighted by molar-refractivity contribution is 5.80. The summed E-state index contributed by atoms with van der Waals surface area (Å²) in [6, 6.07) is -0.544. The number of carbonyl (C=O) groups is 1. The second-order valence-corrected chi connectivity index (χ2v) is 3.25. The number of amides is 1. The minimum Gasteiger partial charge on any atom is -0.368 e. The van der Waals surface area contributed by atoms with Gasteiger partial charge in [-0.05, 0) is 5.41 Å². The zero-order valence-corrected chi connectivity index (χ0v) is 6.14. The summed E-state index contributed by atoms with van der Waals surface area (Å²) >= 11 is 0. The molecule has 9 heavy (non-hydrogen) atoms. The summed E-state index contributed by atoms with van der Waals surface area (Å²) in [6.07, 6.45) is 0. The lowest BCUT2D eigenvalue weighted by atomic mass is 9.93. The number of hydrogen-bond acceptors (Lipinski definition) is 2. The van der Waals surface area contributed by atoms with Crippen LogP contribution in [0.15, 0.2) is 0 Å². The van der Waals surface area contributed by atoms with Gasteiger partial charge in [0.25, 0.3) is 0 Å². The van der Waals surface area contributed by atoms with E-state index in [-0.39, 0.29) is 5.41 Å². The van der Waals surface area contributed by atoms with Crippen molar-refractivity contribution in [3.05, 3.63) is 0 Å². The predicted octanol–water partition coefficient (Wildman–Crippen LogP) is -0.155. The van der Waals surface area contributed by atoms with Crippen LogP contribution in [0.3, 0.4) is 0 Å². The highest BCUT2D eigenvalue weighted by Crippen LogP contribution is 2.16. The van der Waals surface area contributed by atoms with E-state index in [1.54, 1.807) is 0 Å². The second kappa shape index (κ2) is 2.35. The average Bonchev–Trinajstić information content (AvgIpc) is 1.62. The van der Waals surface area contributed by atoms with Gasteiger partial charge in [0.15, 0.2) is 0 Å². The molecule has 4 N–H and O–H groups in total. The van der Waals surface area contributed by atoms with Crippen LogP contribution in [-0.4, -0.2) is 11.9 Å². The van der Waals surface area contributed by atoms with Crippen LogP contribution in [0, 0.1) is 5.41 Å². The minimum absolute atomic E-state index is 0.216. The molecule has 0 aliphatic rings. The Hall–Kier alpha value is -0.570. The molecule has 0 aliphatic heterocycles. The van der Waals surface area contributed by atoms with Gasteiger partial charge >= 0.3 is 0 Å². The molecule has 0 spiro atoms. The fraction of sp³-hybridized carbons (Fsp3) is 0.833. The first-order valence-electron chi connectivity index (χ1n) is 2.90. The van der Waals surface area contributed by atoms with Crippen LogP contribution in [-0.2, 0) is 4.79 Å². The van der Waals surface area contributed by atoms with Crippen molar-refractivity contribution in [3.63, 3.8) is 0 Å². The van der Waals surface area contributed by atoms with Gasteiger partial charge in [-0.2, -0.15) is 0 Å². The van der Waals surface area contributed by atoms with Crippen LogP contribution >= 0.6 is 0 Å². The molecule has 0 aromatic rings. The maximum Gasteiger partial charge on any atom is 0.234 e. The summed E-state index contributed by atoms with van der Waals surface area (Å²) in [6.45, 7) is 5.63. The van der Waals surface area contributed by atoms with Gasteiger partial charge in [-0.1, -0.05) is 20.8 Å². The van der Waals surface area contributed by atoms with Gasteiger partial charge in [0.05, 0.1) is 6.04 Å². The minimum atomic E-state index is -0.544. The molecular formula is C6H14N2O. The molecule has 0 rings (SSSR count). The number of hydrogen-bond donors (Lipinski definition) is 2. The molecule has 0 aromatic heterocycles. The van der Waals surface area contributed by atoms with Crippen molar-refractivity contribution in [2.75, 3.05) is 0 Å². The van der Waals surface area contributed by atoms with E-state index in [9.17, 15) is 4.79 Å². The fourth-order valence-corrected chi connectivity index (χ4v) is 0.427. The van der Waals surface area contributed by atoms with Gasteiger partial charge in [-0.25, -0.2) is 0 Å². The Labute approximate surface area is 55.4 Å². The SMILES string of the molecule is CC(C)(C)[C@H](N)[14C](N)=O. The number of rotatable bonds is 1. The lowest BCUT2D eigenvalue weighted by molar-refractivity contribution is -0.121. The second-order valence-electron chi connectivity index (χ2n) is 3.25. The topological polar surface area (TPSA) is 69.1 Å². The molecule has 3 nitrogen and oxygen atoms in total. The van der Waals surface area contributed by atoms with Gasteiger partial charge in [0.1, 0.15) is 0 Å². The Morgan fingerprint density at radius 2 is 1.78 bits per heavy atom. The lowest BCUT2D eigenvalue weighted by Crippen LogP contribution is -2.46. The molecule has 1 amide bonds. The van der Waals surface area contributed by atoms with Crippen molar-refractivity contribution in [3.8, 4) is 0 Å². The van der Waals surface area contributed by atoms with Gasteiger partial charge in [0, 0.05) is 0 Å². The highest BCUT2D eigenvalue weighted by atomic mass is 16.3. The summed E-state index contributed by atoms with van der Waals surface area (Å²) in [5, 5.41) is 0. The Balaban J connectivity index is 4.04. The van der Waals surface area contributed by atoms with E-state index >= 15 is 0 Å². The van der Waals surface area contributed by atoms with Crippen molar-refractivity contribution in [2.24, 2.45) is 16.9 Å². The predicted molar refractivity (Wildman–Crippen MR) is 36.6 cm³/mol. The average molecular weight is 132 g/mol. The molecule has 0 heterocycles. The molecule has 0 bridgehead atoms. The third-order valence-electron chi connectivity index (χ3n) is 1.24. The zero-order chi connectivity index (χ0) is 7.65. The molecule has 0 unspecified atom stereocenters. The molecule has 0 aromatic carbocycles. The Morgan fingerprint density at radius 3 is 1.78 bits per heavy atom. The first-order chi connectivity index (χ1) is 3.85. The Kier molecular flexibility index (Phi) is 2.20. The molecule has 0 fully saturated rings.